The standard InChI is InChI=1S/C17H23N3/c1-3-19-15-9-5-13(6-10-15)17(18)14-7-11-16(12-8-14)20-4-2/h5-12,17,19-20H,3-4,18H2,1-2H3. The van der Waals surface area contributed by atoms with E-state index >= 15 is 0 Å². The van der Waals surface area contributed by atoms with Crippen LogP contribution < -0.4 is 16.4 Å². The molecule has 0 bridgehead atoms. The van der Waals surface area contributed by atoms with Gasteiger partial charge in [0.15, 0.2) is 0 Å². The summed E-state index contributed by atoms with van der Waals surface area (Å²) in [5.74, 6) is 0. The second-order valence-corrected chi connectivity index (χ2v) is 4.78. The minimum atomic E-state index is -0.0821. The van der Waals surface area contributed by atoms with Crippen LogP contribution in [0.2, 0.25) is 0 Å². The highest BCUT2D eigenvalue weighted by Crippen LogP contribution is 2.22. The van der Waals surface area contributed by atoms with Crippen LogP contribution in [0.1, 0.15) is 31.0 Å². The van der Waals surface area contributed by atoms with Crippen molar-refractivity contribution >= 4 is 11.4 Å². The molecule has 0 radical (unpaired) electrons. The molecule has 0 saturated heterocycles. The van der Waals surface area contributed by atoms with Crippen molar-refractivity contribution in [3.63, 3.8) is 0 Å². The van der Waals surface area contributed by atoms with Crippen molar-refractivity contribution in [3.05, 3.63) is 59.7 Å². The SMILES string of the molecule is CCNc1ccc(C(N)c2ccc(NCC)cc2)cc1. The van der Waals surface area contributed by atoms with Crippen LogP contribution in [-0.4, -0.2) is 13.1 Å². The molecule has 106 valence electrons. The molecule has 0 heterocycles. The fraction of sp³-hybridized carbons (Fsp3) is 0.294. The van der Waals surface area contributed by atoms with E-state index in [1.807, 2.05) is 0 Å². The van der Waals surface area contributed by atoms with Gasteiger partial charge in [-0.25, -0.2) is 0 Å². The van der Waals surface area contributed by atoms with E-state index in [-0.39, 0.29) is 6.04 Å². The van der Waals surface area contributed by atoms with E-state index in [9.17, 15) is 0 Å². The third-order valence-corrected chi connectivity index (χ3v) is 3.30. The van der Waals surface area contributed by atoms with Crippen LogP contribution in [0.4, 0.5) is 11.4 Å². The summed E-state index contributed by atoms with van der Waals surface area (Å²) in [5, 5.41) is 6.57. The first-order chi connectivity index (χ1) is 9.74. The highest BCUT2D eigenvalue weighted by Gasteiger charge is 2.08. The fourth-order valence-corrected chi connectivity index (χ4v) is 2.22. The summed E-state index contributed by atoms with van der Waals surface area (Å²) in [6, 6.07) is 16.6. The molecule has 0 fully saturated rings. The monoisotopic (exact) mass is 269 g/mol. The Hall–Kier alpha value is -2.00. The maximum atomic E-state index is 6.32. The molecule has 3 heteroatoms. The van der Waals surface area contributed by atoms with Crippen LogP contribution in [0.3, 0.4) is 0 Å². The summed E-state index contributed by atoms with van der Waals surface area (Å²) < 4.78 is 0. The molecule has 0 aliphatic carbocycles. The van der Waals surface area contributed by atoms with Crippen molar-refractivity contribution in [1.82, 2.24) is 0 Å². The van der Waals surface area contributed by atoms with Crippen LogP contribution in [-0.2, 0) is 0 Å². The summed E-state index contributed by atoms with van der Waals surface area (Å²) >= 11 is 0. The maximum Gasteiger partial charge on any atom is 0.0551 e. The molecular formula is C17H23N3. The fourth-order valence-electron chi connectivity index (χ4n) is 2.22. The lowest BCUT2D eigenvalue weighted by Gasteiger charge is -2.14. The molecule has 2 aromatic rings. The van der Waals surface area contributed by atoms with Crippen LogP contribution in [0.5, 0.6) is 0 Å². The van der Waals surface area contributed by atoms with Crippen molar-refractivity contribution in [2.75, 3.05) is 23.7 Å². The Labute approximate surface area is 121 Å². The number of nitrogens with two attached hydrogens (primary N) is 1. The normalized spacial score (nSPS) is 10.6. The quantitative estimate of drug-likeness (QED) is 0.751. The van der Waals surface area contributed by atoms with Crippen LogP contribution >= 0.6 is 0 Å². The summed E-state index contributed by atoms with van der Waals surface area (Å²) in [6.07, 6.45) is 0. The van der Waals surface area contributed by atoms with E-state index in [0.29, 0.717) is 0 Å². The zero-order valence-corrected chi connectivity index (χ0v) is 12.2. The van der Waals surface area contributed by atoms with Crippen LogP contribution in [0.15, 0.2) is 48.5 Å². The predicted octanol–water partition coefficient (Wildman–Crippen LogP) is 3.60. The van der Waals surface area contributed by atoms with Crippen LogP contribution in [0.25, 0.3) is 0 Å². The van der Waals surface area contributed by atoms with E-state index in [2.05, 4.69) is 73.0 Å². The van der Waals surface area contributed by atoms with Crippen molar-refractivity contribution < 1.29 is 0 Å². The van der Waals surface area contributed by atoms with Crippen molar-refractivity contribution in [3.8, 4) is 0 Å². The highest BCUT2D eigenvalue weighted by molar-refractivity contribution is 5.48. The van der Waals surface area contributed by atoms with Gasteiger partial charge in [0.05, 0.1) is 6.04 Å². The average Bonchev–Trinajstić information content (AvgIpc) is 2.49. The smallest absolute Gasteiger partial charge is 0.0551 e. The summed E-state index contributed by atoms with van der Waals surface area (Å²) in [5.41, 5.74) is 10.8. The van der Waals surface area contributed by atoms with E-state index in [1.54, 1.807) is 0 Å². The van der Waals surface area contributed by atoms with Gasteiger partial charge in [-0.1, -0.05) is 24.3 Å². The summed E-state index contributed by atoms with van der Waals surface area (Å²) in [4.78, 5) is 0. The van der Waals surface area contributed by atoms with Gasteiger partial charge in [0.25, 0.3) is 0 Å². The van der Waals surface area contributed by atoms with Gasteiger partial charge >= 0.3 is 0 Å². The number of benzene rings is 2. The number of hydrogen-bond acceptors (Lipinski definition) is 3. The number of anilines is 2. The molecule has 4 N–H and O–H groups in total. The first-order valence-corrected chi connectivity index (χ1v) is 7.17. The average molecular weight is 269 g/mol. The van der Waals surface area contributed by atoms with Crippen LogP contribution in [0, 0.1) is 0 Å². The molecule has 0 aliphatic heterocycles. The molecule has 3 nitrogen and oxygen atoms in total. The number of rotatable bonds is 6. The molecule has 0 atom stereocenters. The maximum absolute atomic E-state index is 6.32. The summed E-state index contributed by atoms with van der Waals surface area (Å²) in [7, 11) is 0. The van der Waals surface area contributed by atoms with Gasteiger partial charge in [0, 0.05) is 24.5 Å². The Bertz CT molecular complexity index is 467. The Morgan fingerprint density at radius 2 is 1.10 bits per heavy atom. The van der Waals surface area contributed by atoms with Crippen molar-refractivity contribution in [1.29, 1.82) is 0 Å². The van der Waals surface area contributed by atoms with Crippen molar-refractivity contribution in [2.45, 2.75) is 19.9 Å². The molecule has 0 aliphatic rings. The lowest BCUT2D eigenvalue weighted by atomic mass is 9.99. The lowest BCUT2D eigenvalue weighted by Crippen LogP contribution is -2.12. The first-order valence-electron chi connectivity index (χ1n) is 7.17. The van der Waals surface area contributed by atoms with E-state index < -0.39 is 0 Å². The third-order valence-electron chi connectivity index (χ3n) is 3.30. The zero-order chi connectivity index (χ0) is 14.4. The van der Waals surface area contributed by atoms with Gasteiger partial charge in [-0.15, -0.1) is 0 Å². The zero-order valence-electron chi connectivity index (χ0n) is 12.2. The molecule has 0 saturated carbocycles. The second kappa shape index (κ2) is 6.96. The molecule has 2 aromatic carbocycles. The Morgan fingerprint density at radius 1 is 0.750 bits per heavy atom. The van der Waals surface area contributed by atoms with E-state index in [1.165, 1.54) is 0 Å². The Balaban J connectivity index is 2.11. The molecule has 0 aromatic heterocycles. The van der Waals surface area contributed by atoms with Gasteiger partial charge in [-0.05, 0) is 49.2 Å². The molecular weight excluding hydrogens is 246 g/mol. The molecule has 0 spiro atoms. The molecule has 0 unspecified atom stereocenters. The second-order valence-electron chi connectivity index (χ2n) is 4.78. The van der Waals surface area contributed by atoms with Gasteiger partial charge in [-0.3, -0.25) is 0 Å². The lowest BCUT2D eigenvalue weighted by molar-refractivity contribution is 0.871. The first kappa shape index (κ1) is 14.4. The minimum absolute atomic E-state index is 0.0821. The highest BCUT2D eigenvalue weighted by atomic mass is 14.9. The van der Waals surface area contributed by atoms with Gasteiger partial charge in [0.2, 0.25) is 0 Å². The largest absolute Gasteiger partial charge is 0.385 e. The number of nitrogens with one attached hydrogen (secondary N) is 2. The molecule has 2 rings (SSSR count). The third kappa shape index (κ3) is 3.52. The van der Waals surface area contributed by atoms with Crippen molar-refractivity contribution in [2.24, 2.45) is 5.73 Å². The van der Waals surface area contributed by atoms with E-state index in [0.717, 1.165) is 35.6 Å². The van der Waals surface area contributed by atoms with Gasteiger partial charge in [-0.2, -0.15) is 0 Å². The van der Waals surface area contributed by atoms with Gasteiger partial charge in [0.1, 0.15) is 0 Å². The Morgan fingerprint density at radius 3 is 1.40 bits per heavy atom. The summed E-state index contributed by atoms with van der Waals surface area (Å²) in [6.45, 7) is 6.03. The number of hydrogen-bond donors (Lipinski definition) is 3. The molecule has 0 amide bonds. The topological polar surface area (TPSA) is 50.1 Å². The minimum Gasteiger partial charge on any atom is -0.385 e. The van der Waals surface area contributed by atoms with Gasteiger partial charge < -0.3 is 16.4 Å². The predicted molar refractivity (Wildman–Crippen MR) is 87.2 cm³/mol. The Kier molecular flexibility index (Phi) is 5.02. The van der Waals surface area contributed by atoms with E-state index in [4.69, 9.17) is 5.73 Å². The molecule has 20 heavy (non-hydrogen) atoms.